The molecular weight excluding hydrogens is 270 g/mol. The summed E-state index contributed by atoms with van der Waals surface area (Å²) in [4.78, 5) is 9.93. The van der Waals surface area contributed by atoms with Gasteiger partial charge in [0, 0.05) is 24.3 Å². The molecule has 0 saturated heterocycles. The normalized spacial score (nSPS) is 10.9. The lowest BCUT2D eigenvalue weighted by Gasteiger charge is -2.06. The summed E-state index contributed by atoms with van der Waals surface area (Å²) >= 11 is 0. The third kappa shape index (κ3) is 2.58. The largest absolute Gasteiger partial charge is 0.305 e. The van der Waals surface area contributed by atoms with Crippen LogP contribution in [0.5, 0.6) is 0 Å². The SMILES string of the molecule is NN=Nc1cc(F)c(-c2ccc([N+](=O)[O-])cc2)c(F)c1. The van der Waals surface area contributed by atoms with Crippen LogP contribution in [0.15, 0.2) is 46.7 Å². The zero-order valence-corrected chi connectivity index (χ0v) is 9.96. The standard InChI is InChI=1S/C12H8F2N4O2/c13-10-5-8(16-17-15)6-11(14)12(10)7-1-3-9(4-2-7)18(19)20/h1-6H,(H2,15,16). The van der Waals surface area contributed by atoms with Crippen molar-refractivity contribution in [3.63, 3.8) is 0 Å². The van der Waals surface area contributed by atoms with Crippen molar-refractivity contribution in [3.8, 4) is 11.1 Å². The maximum absolute atomic E-state index is 13.9. The molecule has 0 radical (unpaired) electrons. The summed E-state index contributed by atoms with van der Waals surface area (Å²) in [7, 11) is 0. The van der Waals surface area contributed by atoms with Crippen molar-refractivity contribution in [1.82, 2.24) is 0 Å². The molecule has 0 bridgehead atoms. The van der Waals surface area contributed by atoms with E-state index in [9.17, 15) is 18.9 Å². The van der Waals surface area contributed by atoms with Crippen LogP contribution in [0.1, 0.15) is 0 Å². The average Bonchev–Trinajstić information content (AvgIpc) is 2.39. The number of benzene rings is 2. The molecule has 0 spiro atoms. The molecule has 0 heterocycles. The Morgan fingerprint density at radius 2 is 1.65 bits per heavy atom. The van der Waals surface area contributed by atoms with E-state index in [1.807, 2.05) is 0 Å². The molecule has 2 aromatic carbocycles. The zero-order chi connectivity index (χ0) is 14.7. The van der Waals surface area contributed by atoms with Gasteiger partial charge in [0.2, 0.25) is 0 Å². The predicted octanol–water partition coefficient (Wildman–Crippen LogP) is 3.50. The highest BCUT2D eigenvalue weighted by molar-refractivity contribution is 5.68. The Balaban J connectivity index is 2.49. The minimum atomic E-state index is -0.860. The van der Waals surface area contributed by atoms with Crippen LogP contribution in [0.25, 0.3) is 11.1 Å². The van der Waals surface area contributed by atoms with Crippen molar-refractivity contribution in [2.45, 2.75) is 0 Å². The van der Waals surface area contributed by atoms with Gasteiger partial charge in [0.05, 0.1) is 16.2 Å². The summed E-state index contributed by atoms with van der Waals surface area (Å²) in [6.07, 6.45) is 0. The number of nitro benzene ring substituents is 1. The monoisotopic (exact) mass is 278 g/mol. The van der Waals surface area contributed by atoms with Gasteiger partial charge in [-0.15, -0.1) is 5.11 Å². The number of rotatable bonds is 3. The van der Waals surface area contributed by atoms with Crippen molar-refractivity contribution >= 4 is 11.4 Å². The Kier molecular flexibility index (Phi) is 3.65. The fraction of sp³-hybridized carbons (Fsp3) is 0. The van der Waals surface area contributed by atoms with Crippen LogP contribution >= 0.6 is 0 Å². The molecule has 0 saturated carbocycles. The summed E-state index contributed by atoms with van der Waals surface area (Å²) in [6, 6.07) is 6.81. The van der Waals surface area contributed by atoms with Crippen molar-refractivity contribution in [2.75, 3.05) is 0 Å². The molecule has 0 atom stereocenters. The van der Waals surface area contributed by atoms with Crippen LogP contribution in [-0.2, 0) is 0 Å². The van der Waals surface area contributed by atoms with Gasteiger partial charge in [-0.1, -0.05) is 5.22 Å². The molecule has 0 amide bonds. The van der Waals surface area contributed by atoms with Gasteiger partial charge in [0.1, 0.15) is 11.6 Å². The fourth-order valence-electron chi connectivity index (χ4n) is 1.71. The molecule has 0 aliphatic rings. The number of nitrogens with zero attached hydrogens (tertiary/aromatic N) is 3. The minimum Gasteiger partial charge on any atom is -0.305 e. The third-order valence-electron chi connectivity index (χ3n) is 2.57. The number of nitro groups is 1. The van der Waals surface area contributed by atoms with Crippen molar-refractivity contribution in [1.29, 1.82) is 0 Å². The topological polar surface area (TPSA) is 93.9 Å². The second kappa shape index (κ2) is 5.39. The summed E-state index contributed by atoms with van der Waals surface area (Å²) in [5.74, 6) is 3.08. The van der Waals surface area contributed by atoms with Crippen molar-refractivity contribution in [3.05, 3.63) is 58.1 Å². The van der Waals surface area contributed by atoms with Crippen LogP contribution in [-0.4, -0.2) is 4.92 Å². The van der Waals surface area contributed by atoms with Crippen LogP contribution in [0.2, 0.25) is 0 Å². The number of hydrogen-bond donors (Lipinski definition) is 1. The van der Waals surface area contributed by atoms with Gasteiger partial charge in [-0.25, -0.2) is 8.78 Å². The lowest BCUT2D eigenvalue weighted by molar-refractivity contribution is -0.384. The van der Waals surface area contributed by atoms with Gasteiger partial charge >= 0.3 is 0 Å². The lowest BCUT2D eigenvalue weighted by atomic mass is 10.0. The number of non-ortho nitro benzene ring substituents is 1. The summed E-state index contributed by atoms with van der Waals surface area (Å²) in [5, 5.41) is 16.8. The summed E-state index contributed by atoms with van der Waals surface area (Å²) in [6.45, 7) is 0. The maximum atomic E-state index is 13.9. The van der Waals surface area contributed by atoms with E-state index in [0.717, 1.165) is 12.1 Å². The van der Waals surface area contributed by atoms with Gasteiger partial charge in [0.25, 0.3) is 5.69 Å². The first-order valence-corrected chi connectivity index (χ1v) is 5.37. The van der Waals surface area contributed by atoms with E-state index in [1.54, 1.807) is 0 Å². The highest BCUT2D eigenvalue weighted by Gasteiger charge is 2.14. The fourth-order valence-corrected chi connectivity index (χ4v) is 1.71. The molecular formula is C12H8F2N4O2. The molecule has 102 valence electrons. The highest BCUT2D eigenvalue weighted by Crippen LogP contribution is 2.30. The molecule has 0 fully saturated rings. The van der Waals surface area contributed by atoms with Crippen LogP contribution in [0, 0.1) is 21.7 Å². The molecule has 0 unspecified atom stereocenters. The Labute approximate surface area is 111 Å². The third-order valence-corrected chi connectivity index (χ3v) is 2.57. The van der Waals surface area contributed by atoms with Crippen LogP contribution < -0.4 is 5.84 Å². The molecule has 0 aliphatic carbocycles. The number of halogens is 2. The van der Waals surface area contributed by atoms with E-state index < -0.39 is 16.6 Å². The first-order valence-electron chi connectivity index (χ1n) is 5.37. The van der Waals surface area contributed by atoms with Gasteiger partial charge < -0.3 is 5.84 Å². The van der Waals surface area contributed by atoms with E-state index in [-0.39, 0.29) is 22.5 Å². The molecule has 8 heteroatoms. The van der Waals surface area contributed by atoms with E-state index in [4.69, 9.17) is 5.84 Å². The molecule has 2 N–H and O–H groups in total. The quantitative estimate of drug-likeness (QED) is 0.403. The molecule has 20 heavy (non-hydrogen) atoms. The van der Waals surface area contributed by atoms with Gasteiger partial charge in [-0.3, -0.25) is 10.1 Å². The minimum absolute atomic E-state index is 0.0619. The molecule has 2 aromatic rings. The second-order valence-corrected chi connectivity index (χ2v) is 3.80. The summed E-state index contributed by atoms with van der Waals surface area (Å²) < 4.78 is 27.7. The first-order chi connectivity index (χ1) is 9.52. The van der Waals surface area contributed by atoms with Crippen LogP contribution in [0.3, 0.4) is 0 Å². The smallest absolute Gasteiger partial charge is 0.269 e. The van der Waals surface area contributed by atoms with E-state index >= 15 is 0 Å². The van der Waals surface area contributed by atoms with Gasteiger partial charge in [0.15, 0.2) is 0 Å². The Morgan fingerprint density at radius 1 is 1.10 bits per heavy atom. The molecule has 6 nitrogen and oxygen atoms in total. The molecule has 2 rings (SSSR count). The lowest BCUT2D eigenvalue weighted by Crippen LogP contribution is -1.92. The highest BCUT2D eigenvalue weighted by atomic mass is 19.1. The van der Waals surface area contributed by atoms with Gasteiger partial charge in [-0.05, 0) is 17.7 Å². The second-order valence-electron chi connectivity index (χ2n) is 3.80. The van der Waals surface area contributed by atoms with E-state index in [2.05, 4.69) is 10.3 Å². The predicted molar refractivity (Wildman–Crippen MR) is 67.2 cm³/mol. The number of hydrogen-bond acceptors (Lipinski definition) is 4. The van der Waals surface area contributed by atoms with Gasteiger partial charge in [-0.2, -0.15) is 0 Å². The van der Waals surface area contributed by atoms with Crippen LogP contribution in [0.4, 0.5) is 20.2 Å². The zero-order valence-electron chi connectivity index (χ0n) is 9.96. The number of nitrogens with two attached hydrogens (primary N) is 1. The Morgan fingerprint density at radius 3 is 2.10 bits per heavy atom. The maximum Gasteiger partial charge on any atom is 0.269 e. The Hall–Kier alpha value is -2.90. The van der Waals surface area contributed by atoms with Crippen molar-refractivity contribution in [2.24, 2.45) is 16.2 Å². The van der Waals surface area contributed by atoms with E-state index in [1.165, 1.54) is 24.3 Å². The summed E-state index contributed by atoms with van der Waals surface area (Å²) in [5.41, 5.74) is -0.339. The first kappa shape index (κ1) is 13.5. The Bertz CT molecular complexity index is 663. The van der Waals surface area contributed by atoms with Crippen molar-refractivity contribution < 1.29 is 13.7 Å². The molecule has 0 aromatic heterocycles. The average molecular weight is 278 g/mol. The van der Waals surface area contributed by atoms with E-state index in [0.29, 0.717) is 0 Å². The molecule has 0 aliphatic heterocycles.